The van der Waals surface area contributed by atoms with E-state index in [-0.39, 0.29) is 6.54 Å². The van der Waals surface area contributed by atoms with Crippen molar-refractivity contribution < 1.29 is 29.0 Å². The summed E-state index contributed by atoms with van der Waals surface area (Å²) < 4.78 is 10.7. The number of hydrogen-bond acceptors (Lipinski definition) is 7. The highest BCUT2D eigenvalue weighted by atomic mass is 35.5. The number of ether oxygens (including phenoxy) is 2. The average Bonchev–Trinajstić information content (AvgIpc) is 3.56. The van der Waals surface area contributed by atoms with Crippen molar-refractivity contribution in [3.8, 4) is 11.5 Å². The van der Waals surface area contributed by atoms with Gasteiger partial charge in [0.15, 0.2) is 11.5 Å². The fraction of sp³-hybridized carbons (Fsp3) is 0.300. The van der Waals surface area contributed by atoms with Crippen LogP contribution in [-0.2, 0) is 26.3 Å². The lowest BCUT2D eigenvalue weighted by Crippen LogP contribution is -2.54. The van der Waals surface area contributed by atoms with Crippen molar-refractivity contribution in [1.29, 1.82) is 0 Å². The van der Waals surface area contributed by atoms with Crippen LogP contribution in [-0.4, -0.2) is 54.5 Å². The van der Waals surface area contributed by atoms with E-state index in [4.69, 9.17) is 21.1 Å². The van der Waals surface area contributed by atoms with Crippen LogP contribution in [0.2, 0.25) is 5.02 Å². The second kappa shape index (κ2) is 9.92. The molecule has 0 radical (unpaired) electrons. The molecular weight excluding hydrogens is 534 g/mol. The largest absolute Gasteiger partial charge is 0.493 e. The summed E-state index contributed by atoms with van der Waals surface area (Å²) >= 11 is 6.05. The number of methoxy groups -OCH3 is 2. The van der Waals surface area contributed by atoms with Gasteiger partial charge in [-0.25, -0.2) is 0 Å². The molecule has 6 rings (SSSR count). The van der Waals surface area contributed by atoms with E-state index in [2.05, 4.69) is 10.6 Å². The number of carbonyl (C=O) groups excluding carboxylic acids is 3. The Balaban J connectivity index is 1.37. The third-order valence-electron chi connectivity index (χ3n) is 8.27. The van der Waals surface area contributed by atoms with Crippen molar-refractivity contribution >= 4 is 35.0 Å². The number of hydrogen-bond donors (Lipinski definition) is 3. The maximum absolute atomic E-state index is 14.0. The molecule has 3 heterocycles. The van der Waals surface area contributed by atoms with Gasteiger partial charge in [-0.3, -0.25) is 24.6 Å². The Bertz CT molecular complexity index is 1510. The number of halogens is 1. The summed E-state index contributed by atoms with van der Waals surface area (Å²) in [5.74, 6) is -2.15. The first-order valence-corrected chi connectivity index (χ1v) is 13.4. The Hall–Kier alpha value is -3.92. The molecule has 3 aromatic rings. The van der Waals surface area contributed by atoms with E-state index in [0.29, 0.717) is 39.8 Å². The number of amides is 3. The van der Waals surface area contributed by atoms with Gasteiger partial charge < -0.3 is 19.9 Å². The van der Waals surface area contributed by atoms with Gasteiger partial charge >= 0.3 is 0 Å². The summed E-state index contributed by atoms with van der Waals surface area (Å²) in [6, 6.07) is 18.3. The van der Waals surface area contributed by atoms with Crippen LogP contribution in [0.1, 0.15) is 22.8 Å². The van der Waals surface area contributed by atoms with Gasteiger partial charge in [-0.2, -0.15) is 0 Å². The van der Waals surface area contributed by atoms with Gasteiger partial charge in [0.05, 0.1) is 38.2 Å². The maximum atomic E-state index is 14.0. The number of rotatable bonds is 7. The van der Waals surface area contributed by atoms with Crippen molar-refractivity contribution in [2.24, 2.45) is 11.8 Å². The van der Waals surface area contributed by atoms with E-state index in [1.807, 2.05) is 12.1 Å². The fourth-order valence-corrected chi connectivity index (χ4v) is 6.51. The smallest absolute Gasteiger partial charge is 0.250 e. The Morgan fingerprint density at radius 2 is 1.70 bits per heavy atom. The molecule has 206 valence electrons. The highest BCUT2D eigenvalue weighted by molar-refractivity contribution is 6.30. The first kappa shape index (κ1) is 26.3. The number of nitrogens with one attached hydrogen (secondary N) is 2. The number of aliphatic hydroxyl groups is 1. The van der Waals surface area contributed by atoms with Crippen LogP contribution >= 0.6 is 11.6 Å². The molecule has 5 atom stereocenters. The minimum atomic E-state index is -1.50. The molecule has 3 aliphatic rings. The van der Waals surface area contributed by atoms with E-state index in [1.54, 1.807) is 68.8 Å². The number of likely N-dealkylation sites (tertiary alicyclic amines) is 1. The Morgan fingerprint density at radius 1 is 0.975 bits per heavy atom. The Kier molecular flexibility index (Phi) is 6.53. The van der Waals surface area contributed by atoms with Crippen LogP contribution in [0.5, 0.6) is 11.5 Å². The van der Waals surface area contributed by atoms with Crippen LogP contribution in [0, 0.1) is 11.8 Å². The molecule has 3 aliphatic heterocycles. The molecule has 9 nitrogen and oxygen atoms in total. The van der Waals surface area contributed by atoms with E-state index in [9.17, 15) is 19.5 Å². The van der Waals surface area contributed by atoms with Gasteiger partial charge in [0.1, 0.15) is 5.54 Å². The lowest BCUT2D eigenvalue weighted by atomic mass is 9.76. The fourth-order valence-electron chi connectivity index (χ4n) is 6.38. The molecule has 3 N–H and O–H groups in total. The molecule has 3 amide bonds. The summed E-state index contributed by atoms with van der Waals surface area (Å²) in [5, 5.41) is 18.1. The van der Waals surface area contributed by atoms with Gasteiger partial charge in [-0.15, -0.1) is 0 Å². The van der Waals surface area contributed by atoms with Crippen molar-refractivity contribution in [3.05, 3.63) is 88.4 Å². The third-order valence-corrected chi connectivity index (χ3v) is 8.52. The van der Waals surface area contributed by atoms with Gasteiger partial charge in [0, 0.05) is 22.8 Å². The monoisotopic (exact) mass is 561 g/mol. The number of benzene rings is 3. The zero-order valence-corrected chi connectivity index (χ0v) is 22.6. The van der Waals surface area contributed by atoms with Gasteiger partial charge in [-0.1, -0.05) is 48.0 Å². The highest BCUT2D eigenvalue weighted by Gasteiger charge is 2.71. The summed E-state index contributed by atoms with van der Waals surface area (Å²) in [7, 11) is 3.09. The van der Waals surface area contributed by atoms with Crippen LogP contribution in [0.4, 0.5) is 5.69 Å². The highest BCUT2D eigenvalue weighted by Crippen LogP contribution is 2.54. The SMILES string of the molecule is COc1ccc(CCN2C(=O)[C@@H]3[C@H]([C@H](O)c4ccc(Cl)cc4)N[C@@]4(C(=O)Nc5ccccc54)[C@H]3C2=O)cc1OC. The zero-order valence-electron chi connectivity index (χ0n) is 21.9. The van der Waals surface area contributed by atoms with E-state index < -0.39 is 47.2 Å². The van der Waals surface area contributed by atoms with Crippen LogP contribution in [0.3, 0.4) is 0 Å². The Morgan fingerprint density at radius 3 is 2.42 bits per heavy atom. The van der Waals surface area contributed by atoms with Crippen molar-refractivity contribution in [3.63, 3.8) is 0 Å². The number of aliphatic hydroxyl groups excluding tert-OH is 1. The number of para-hydroxylation sites is 1. The van der Waals surface area contributed by atoms with Crippen LogP contribution in [0.25, 0.3) is 0 Å². The molecule has 2 fully saturated rings. The van der Waals surface area contributed by atoms with Gasteiger partial charge in [0.25, 0.3) is 0 Å². The predicted octanol–water partition coefficient (Wildman–Crippen LogP) is 3.05. The number of imide groups is 1. The standard InChI is InChI=1S/C30H28ClN3O6/c1-39-21-12-7-16(15-22(21)40-2)13-14-34-27(36)23-24(28(34)37)30(19-5-3-4-6-20(19)32-29(30)38)33-25(23)26(35)17-8-10-18(31)11-9-17/h3-12,15,23-26,33,35H,13-14H2,1-2H3,(H,32,38)/t23-,24+,25+,26+,30+/m0/s1. The molecule has 0 aromatic heterocycles. The molecule has 1 spiro atoms. The zero-order chi connectivity index (χ0) is 28.2. The first-order valence-electron chi connectivity index (χ1n) is 13.0. The van der Waals surface area contributed by atoms with Gasteiger partial charge in [-0.05, 0) is 47.9 Å². The van der Waals surface area contributed by atoms with E-state index >= 15 is 0 Å². The second-order valence-electron chi connectivity index (χ2n) is 10.2. The van der Waals surface area contributed by atoms with Crippen LogP contribution in [0.15, 0.2) is 66.7 Å². The molecule has 10 heteroatoms. The first-order chi connectivity index (χ1) is 19.3. The molecule has 0 aliphatic carbocycles. The van der Waals surface area contributed by atoms with Crippen molar-refractivity contribution in [2.75, 3.05) is 26.1 Å². The van der Waals surface area contributed by atoms with E-state index in [0.717, 1.165) is 5.56 Å². The van der Waals surface area contributed by atoms with Crippen molar-refractivity contribution in [1.82, 2.24) is 10.2 Å². The minimum absolute atomic E-state index is 0.114. The third kappa shape index (κ3) is 3.88. The summed E-state index contributed by atoms with van der Waals surface area (Å²) in [5.41, 5.74) is 1.04. The minimum Gasteiger partial charge on any atom is -0.493 e. The predicted molar refractivity (Wildman–Crippen MR) is 147 cm³/mol. The summed E-state index contributed by atoms with van der Waals surface area (Å²) in [6.45, 7) is 0.114. The maximum Gasteiger partial charge on any atom is 0.250 e. The molecule has 40 heavy (non-hydrogen) atoms. The topological polar surface area (TPSA) is 117 Å². The molecular formula is C30H28ClN3O6. The Labute approximate surface area is 236 Å². The molecule has 3 aromatic carbocycles. The molecule has 2 saturated heterocycles. The van der Waals surface area contributed by atoms with Crippen LogP contribution < -0.4 is 20.1 Å². The number of anilines is 1. The summed E-state index contributed by atoms with van der Waals surface area (Å²) in [6.07, 6.45) is -0.794. The lowest BCUT2D eigenvalue weighted by Gasteiger charge is -2.30. The molecule has 0 bridgehead atoms. The summed E-state index contributed by atoms with van der Waals surface area (Å²) in [4.78, 5) is 42.9. The number of fused-ring (bicyclic) bond motifs is 4. The molecule has 0 unspecified atom stereocenters. The second-order valence-corrected chi connectivity index (χ2v) is 10.7. The lowest BCUT2D eigenvalue weighted by molar-refractivity contribution is -0.143. The van der Waals surface area contributed by atoms with Gasteiger partial charge in [0.2, 0.25) is 17.7 Å². The number of carbonyl (C=O) groups is 3. The van der Waals surface area contributed by atoms with E-state index in [1.165, 1.54) is 4.90 Å². The van der Waals surface area contributed by atoms with Crippen molar-refractivity contribution in [2.45, 2.75) is 24.1 Å². The average molecular weight is 562 g/mol. The normalized spacial score (nSPS) is 25.6. The molecule has 0 saturated carbocycles. The number of nitrogens with zero attached hydrogens (tertiary/aromatic N) is 1. The quantitative estimate of drug-likeness (QED) is 0.380.